The summed E-state index contributed by atoms with van der Waals surface area (Å²) in [7, 11) is 0. The molecule has 1 N–H and O–H groups in total. The minimum atomic E-state index is -2.66. The third kappa shape index (κ3) is 5.92. The Morgan fingerprint density at radius 3 is 2.80 bits per heavy atom. The van der Waals surface area contributed by atoms with E-state index in [1.807, 2.05) is 0 Å². The molecule has 1 aromatic carbocycles. The topological polar surface area (TPSA) is 103 Å². The average Bonchev–Trinajstić information content (AvgIpc) is 2.50. The lowest BCUT2D eigenvalue weighted by atomic mass is 10.1. The highest BCUT2D eigenvalue weighted by Gasteiger charge is 2.15. The number of aliphatic carboxylic acids is 1. The molecular weight excluding hydrogens is 367 g/mol. The molecule has 0 spiro atoms. The molecule has 2 rings (SSSR count). The molecule has 0 bridgehead atoms. The van der Waals surface area contributed by atoms with Crippen LogP contribution in [0.3, 0.4) is 0 Å². The van der Waals surface area contributed by atoms with Gasteiger partial charge in [0.15, 0.2) is 0 Å². The minimum Gasteiger partial charge on any atom is -0.493 e. The van der Waals surface area contributed by atoms with Gasteiger partial charge in [0, 0.05) is 29.9 Å². The van der Waals surface area contributed by atoms with Crippen LogP contribution in [0, 0.1) is 0 Å². The highest BCUT2D eigenvalue weighted by molar-refractivity contribution is 8.56. The van der Waals surface area contributed by atoms with Gasteiger partial charge >= 0.3 is 11.6 Å². The Morgan fingerprint density at radius 1 is 1.36 bits per heavy atom. The van der Waals surface area contributed by atoms with E-state index in [2.05, 4.69) is 0 Å². The molecule has 2 aromatic rings. The number of fused-ring (bicyclic) bond motifs is 1. The van der Waals surface area contributed by atoms with Gasteiger partial charge in [-0.15, -0.1) is 0 Å². The molecule has 136 valence electrons. The van der Waals surface area contributed by atoms with Crippen molar-refractivity contribution in [2.45, 2.75) is 13.3 Å². The summed E-state index contributed by atoms with van der Waals surface area (Å²) in [5, 5.41) is 9.48. The monoisotopic (exact) mass is 386 g/mol. The summed E-state index contributed by atoms with van der Waals surface area (Å²) in [6.07, 6.45) is -0.262. The van der Waals surface area contributed by atoms with Gasteiger partial charge < -0.3 is 18.8 Å². The average molecular weight is 386 g/mol. The molecule has 1 heterocycles. The van der Waals surface area contributed by atoms with Crippen molar-refractivity contribution in [2.75, 3.05) is 25.6 Å². The highest BCUT2D eigenvalue weighted by atomic mass is 32.7. The van der Waals surface area contributed by atoms with E-state index in [0.717, 1.165) is 0 Å². The number of carboxylic acids is 1. The zero-order chi connectivity index (χ0) is 18.4. The van der Waals surface area contributed by atoms with Gasteiger partial charge in [-0.1, -0.05) is 11.4 Å². The van der Waals surface area contributed by atoms with E-state index >= 15 is 0 Å². The van der Waals surface area contributed by atoms with Crippen molar-refractivity contribution in [3.05, 3.63) is 40.2 Å². The van der Waals surface area contributed by atoms with Crippen molar-refractivity contribution in [2.24, 2.45) is 0 Å². The Balaban J connectivity index is 2.07. The van der Waals surface area contributed by atoms with Crippen LogP contribution in [0.4, 0.5) is 0 Å². The molecule has 1 unspecified atom stereocenters. The van der Waals surface area contributed by atoms with Gasteiger partial charge in [0.2, 0.25) is 0 Å². The Kier molecular flexibility index (Phi) is 6.70. The van der Waals surface area contributed by atoms with E-state index in [1.165, 1.54) is 17.4 Å². The van der Waals surface area contributed by atoms with Crippen molar-refractivity contribution >= 4 is 34.9 Å². The molecule has 0 aliphatic carbocycles. The fourth-order valence-electron chi connectivity index (χ4n) is 2.24. The number of ether oxygens (including phenoxy) is 1. The smallest absolute Gasteiger partial charge is 0.336 e. The fourth-order valence-corrected chi connectivity index (χ4v) is 5.04. The van der Waals surface area contributed by atoms with E-state index in [0.29, 0.717) is 35.7 Å². The molecule has 0 saturated carbocycles. The lowest BCUT2D eigenvalue weighted by molar-refractivity contribution is -0.136. The van der Waals surface area contributed by atoms with Gasteiger partial charge in [-0.05, 0) is 24.6 Å². The third-order valence-electron chi connectivity index (χ3n) is 3.18. The third-order valence-corrected chi connectivity index (χ3v) is 7.00. The molecule has 0 amide bonds. The van der Waals surface area contributed by atoms with Gasteiger partial charge in [-0.25, -0.2) is 4.79 Å². The van der Waals surface area contributed by atoms with Crippen LogP contribution in [-0.4, -0.2) is 36.7 Å². The molecule has 0 fully saturated rings. The van der Waals surface area contributed by atoms with E-state index < -0.39 is 18.2 Å². The Morgan fingerprint density at radius 2 is 2.12 bits per heavy atom. The van der Waals surface area contributed by atoms with E-state index in [9.17, 15) is 14.2 Å². The second-order valence-electron chi connectivity index (χ2n) is 5.19. The van der Waals surface area contributed by atoms with Crippen molar-refractivity contribution in [1.29, 1.82) is 0 Å². The lowest BCUT2D eigenvalue weighted by Gasteiger charge is -2.12. The number of rotatable bonds is 9. The standard InChI is InChI=1S/C16H19O7PS/c1-3-22-24(2,20)25-7-6-21-12-4-5-13-11(8-15(17)18)9-16(19)23-14(13)10-12/h4-5,9-10H,3,6-8H2,1-2H3,(H,17,18). The zero-order valence-corrected chi connectivity index (χ0v) is 15.6. The van der Waals surface area contributed by atoms with E-state index in [1.54, 1.807) is 31.8 Å². The largest absolute Gasteiger partial charge is 0.493 e. The minimum absolute atomic E-state index is 0.262. The highest BCUT2D eigenvalue weighted by Crippen LogP contribution is 2.55. The molecule has 1 atom stereocenters. The van der Waals surface area contributed by atoms with Gasteiger partial charge in [-0.2, -0.15) is 0 Å². The molecular formula is C16H19O7PS. The normalized spacial score (nSPS) is 13.5. The number of benzene rings is 1. The summed E-state index contributed by atoms with van der Waals surface area (Å²) in [5.41, 5.74) is 0.0500. The molecule has 9 heteroatoms. The van der Waals surface area contributed by atoms with E-state index in [-0.39, 0.29) is 12.0 Å². The van der Waals surface area contributed by atoms with Crippen LogP contribution in [0.2, 0.25) is 0 Å². The SMILES string of the molecule is CCOP(C)(=O)SCCOc1ccc2c(CC(=O)O)cc(=O)oc2c1. The number of carbonyl (C=O) groups is 1. The maximum atomic E-state index is 12.0. The summed E-state index contributed by atoms with van der Waals surface area (Å²) < 4.78 is 27.8. The van der Waals surface area contributed by atoms with Crippen molar-refractivity contribution < 1.29 is 28.1 Å². The summed E-state index contributed by atoms with van der Waals surface area (Å²) in [6, 6.07) is 6.05. The van der Waals surface area contributed by atoms with Crippen LogP contribution in [0.25, 0.3) is 11.0 Å². The fraction of sp³-hybridized carbons (Fsp3) is 0.375. The van der Waals surface area contributed by atoms with Crippen LogP contribution < -0.4 is 10.4 Å². The van der Waals surface area contributed by atoms with Gasteiger partial charge in [0.1, 0.15) is 11.3 Å². The summed E-state index contributed by atoms with van der Waals surface area (Å²) >= 11 is 1.21. The molecule has 0 radical (unpaired) electrons. The molecule has 1 aromatic heterocycles. The van der Waals surface area contributed by atoms with Crippen LogP contribution in [-0.2, 0) is 20.3 Å². The number of carboxylic acid groups (broad SMARTS) is 1. The van der Waals surface area contributed by atoms with E-state index in [4.69, 9.17) is 18.8 Å². The maximum absolute atomic E-state index is 12.0. The second-order valence-corrected chi connectivity index (χ2v) is 10.4. The van der Waals surface area contributed by atoms with Crippen LogP contribution >= 0.6 is 18.0 Å². The molecule has 0 aliphatic heterocycles. The Bertz CT molecular complexity index is 861. The summed E-state index contributed by atoms with van der Waals surface area (Å²) in [4.78, 5) is 22.5. The second kappa shape index (κ2) is 8.56. The predicted octanol–water partition coefficient (Wildman–Crippen LogP) is 3.39. The van der Waals surface area contributed by atoms with Gasteiger partial charge in [0.25, 0.3) is 6.57 Å². The van der Waals surface area contributed by atoms with Crippen LogP contribution in [0.5, 0.6) is 5.75 Å². The quantitative estimate of drug-likeness (QED) is 0.397. The number of hydrogen-bond acceptors (Lipinski definition) is 7. The summed E-state index contributed by atoms with van der Waals surface area (Å²) in [5.74, 6) is -0.0666. The Hall–Kier alpha value is -1.76. The van der Waals surface area contributed by atoms with Crippen LogP contribution in [0.1, 0.15) is 12.5 Å². The van der Waals surface area contributed by atoms with Crippen molar-refractivity contribution in [3.8, 4) is 5.75 Å². The van der Waals surface area contributed by atoms with Crippen molar-refractivity contribution in [3.63, 3.8) is 0 Å². The van der Waals surface area contributed by atoms with Crippen LogP contribution in [0.15, 0.2) is 33.5 Å². The predicted molar refractivity (Wildman–Crippen MR) is 96.9 cm³/mol. The lowest BCUT2D eigenvalue weighted by Crippen LogP contribution is -2.06. The number of hydrogen-bond donors (Lipinski definition) is 1. The first kappa shape index (κ1) is 19.6. The molecule has 0 saturated heterocycles. The first-order chi connectivity index (χ1) is 11.8. The van der Waals surface area contributed by atoms with Gasteiger partial charge in [0.05, 0.1) is 19.6 Å². The summed E-state index contributed by atoms with van der Waals surface area (Å²) in [6.45, 7) is 1.39. The molecule has 0 aliphatic rings. The first-order valence-corrected chi connectivity index (χ1v) is 11.2. The van der Waals surface area contributed by atoms with Crippen molar-refractivity contribution in [1.82, 2.24) is 0 Å². The first-order valence-electron chi connectivity index (χ1n) is 7.58. The zero-order valence-electron chi connectivity index (χ0n) is 13.9. The maximum Gasteiger partial charge on any atom is 0.336 e. The molecule has 25 heavy (non-hydrogen) atoms. The van der Waals surface area contributed by atoms with Gasteiger partial charge in [-0.3, -0.25) is 9.36 Å². The Labute approximate surface area is 148 Å². The molecule has 7 nitrogen and oxygen atoms in total.